The third-order valence-electron chi connectivity index (χ3n) is 2.93. The zero-order valence-electron chi connectivity index (χ0n) is 9.88. The molecule has 0 aliphatic rings. The smallest absolute Gasteiger partial charge is 0.338 e. The maximum Gasteiger partial charge on any atom is 0.338 e. The van der Waals surface area contributed by atoms with Gasteiger partial charge in [0.15, 0.2) is 0 Å². The number of carbonyl (C=O) groups is 2. The number of fused-ring (bicyclic) bond motifs is 1. The van der Waals surface area contributed by atoms with Crippen molar-refractivity contribution in [2.45, 2.75) is 19.9 Å². The van der Waals surface area contributed by atoms with Gasteiger partial charge in [-0.25, -0.2) is 4.79 Å². The van der Waals surface area contributed by atoms with Gasteiger partial charge in [-0.2, -0.15) is 0 Å². The van der Waals surface area contributed by atoms with E-state index < -0.39 is 11.9 Å². The molecule has 0 amide bonds. The largest absolute Gasteiger partial charge is 0.481 e. The second kappa shape index (κ2) is 4.52. The minimum Gasteiger partial charge on any atom is -0.481 e. The lowest BCUT2D eigenvalue weighted by Crippen LogP contribution is -2.11. The van der Waals surface area contributed by atoms with Crippen LogP contribution < -0.4 is 0 Å². The number of aryl methyl sites for hydroxylation is 1. The zero-order valence-corrected chi connectivity index (χ0v) is 9.88. The lowest BCUT2D eigenvalue weighted by Gasteiger charge is -2.06. The van der Waals surface area contributed by atoms with E-state index in [9.17, 15) is 14.7 Å². The molecule has 0 saturated heterocycles. The number of rotatable bonds is 4. The molecule has 2 aromatic rings. The van der Waals surface area contributed by atoms with Crippen LogP contribution >= 0.6 is 0 Å². The number of hydrogen-bond donors (Lipinski definition) is 2. The van der Waals surface area contributed by atoms with Crippen molar-refractivity contribution in [3.63, 3.8) is 0 Å². The molecule has 94 valence electrons. The molecular weight excluding hydrogens is 234 g/mol. The first-order valence-electron chi connectivity index (χ1n) is 5.61. The standard InChI is InChI=1S/C13H13NO4/c1-2-14-9-6-4-3-5-8(9)12(13(17)18)10(14)7-11(15)16/h3-6H,2,7H2,1H3,(H,15,16)(H,17,18). The summed E-state index contributed by atoms with van der Waals surface area (Å²) < 4.78 is 1.74. The minimum absolute atomic E-state index is 0.0925. The van der Waals surface area contributed by atoms with E-state index in [-0.39, 0.29) is 12.0 Å². The predicted molar refractivity (Wildman–Crippen MR) is 65.9 cm³/mol. The topological polar surface area (TPSA) is 79.5 Å². The lowest BCUT2D eigenvalue weighted by atomic mass is 10.1. The molecule has 5 heteroatoms. The van der Waals surface area contributed by atoms with E-state index in [1.54, 1.807) is 22.8 Å². The molecular formula is C13H13NO4. The van der Waals surface area contributed by atoms with Gasteiger partial charge in [-0.3, -0.25) is 4.79 Å². The van der Waals surface area contributed by atoms with Crippen molar-refractivity contribution in [1.29, 1.82) is 0 Å². The predicted octanol–water partition coefficient (Wildman–Crippen LogP) is 1.99. The van der Waals surface area contributed by atoms with Crippen LogP contribution in [0.4, 0.5) is 0 Å². The molecule has 0 fully saturated rings. The molecule has 1 aromatic carbocycles. The minimum atomic E-state index is -1.09. The third kappa shape index (κ3) is 1.84. The first kappa shape index (κ1) is 12.2. The van der Waals surface area contributed by atoms with Crippen LogP contribution in [0.3, 0.4) is 0 Å². The highest BCUT2D eigenvalue weighted by atomic mass is 16.4. The lowest BCUT2D eigenvalue weighted by molar-refractivity contribution is -0.136. The van der Waals surface area contributed by atoms with Gasteiger partial charge < -0.3 is 14.8 Å². The molecule has 0 spiro atoms. The summed E-state index contributed by atoms with van der Waals surface area (Å²) in [6.07, 6.45) is -0.288. The molecule has 0 aliphatic carbocycles. The molecule has 2 rings (SSSR count). The van der Waals surface area contributed by atoms with Crippen molar-refractivity contribution < 1.29 is 19.8 Å². The van der Waals surface area contributed by atoms with Gasteiger partial charge in [-0.15, -0.1) is 0 Å². The molecule has 1 heterocycles. The van der Waals surface area contributed by atoms with Crippen molar-refractivity contribution in [3.8, 4) is 0 Å². The van der Waals surface area contributed by atoms with Crippen molar-refractivity contribution in [1.82, 2.24) is 4.57 Å². The van der Waals surface area contributed by atoms with Gasteiger partial charge in [-0.05, 0) is 13.0 Å². The average molecular weight is 247 g/mol. The van der Waals surface area contributed by atoms with Gasteiger partial charge >= 0.3 is 11.9 Å². The maximum atomic E-state index is 11.3. The Morgan fingerprint density at radius 3 is 2.44 bits per heavy atom. The highest BCUT2D eigenvalue weighted by Gasteiger charge is 2.22. The second-order valence-corrected chi connectivity index (χ2v) is 3.96. The van der Waals surface area contributed by atoms with Crippen LogP contribution in [0.1, 0.15) is 23.0 Å². The first-order chi connectivity index (χ1) is 8.56. The van der Waals surface area contributed by atoms with Crippen LogP contribution in [0, 0.1) is 0 Å². The molecule has 0 saturated carbocycles. The number of hydrogen-bond acceptors (Lipinski definition) is 2. The molecule has 0 radical (unpaired) electrons. The number of aliphatic carboxylic acids is 1. The van der Waals surface area contributed by atoms with Crippen LogP contribution in [-0.4, -0.2) is 26.7 Å². The van der Waals surface area contributed by atoms with Crippen LogP contribution in [0.5, 0.6) is 0 Å². The van der Waals surface area contributed by atoms with Crippen molar-refractivity contribution in [2.24, 2.45) is 0 Å². The van der Waals surface area contributed by atoms with Gasteiger partial charge in [0.2, 0.25) is 0 Å². The maximum absolute atomic E-state index is 11.3. The fourth-order valence-electron chi connectivity index (χ4n) is 2.28. The Hall–Kier alpha value is -2.30. The van der Waals surface area contributed by atoms with Crippen molar-refractivity contribution in [2.75, 3.05) is 0 Å². The number of aromatic carboxylic acids is 1. The van der Waals surface area contributed by atoms with Crippen LogP contribution in [-0.2, 0) is 17.8 Å². The molecule has 0 unspecified atom stereocenters. The molecule has 0 bridgehead atoms. The van der Waals surface area contributed by atoms with E-state index in [0.29, 0.717) is 17.6 Å². The Morgan fingerprint density at radius 1 is 1.22 bits per heavy atom. The van der Waals surface area contributed by atoms with Gasteiger partial charge in [0.1, 0.15) is 0 Å². The Morgan fingerprint density at radius 2 is 1.89 bits per heavy atom. The molecule has 2 N–H and O–H groups in total. The quantitative estimate of drug-likeness (QED) is 0.865. The normalized spacial score (nSPS) is 10.7. The molecule has 0 aliphatic heterocycles. The summed E-state index contributed by atoms with van der Waals surface area (Å²) >= 11 is 0. The van der Waals surface area contributed by atoms with Crippen molar-refractivity contribution >= 4 is 22.8 Å². The Kier molecular flexibility index (Phi) is 3.06. The number of aromatic nitrogens is 1. The zero-order chi connectivity index (χ0) is 13.3. The number of para-hydroxylation sites is 1. The van der Waals surface area contributed by atoms with E-state index in [0.717, 1.165) is 5.52 Å². The second-order valence-electron chi connectivity index (χ2n) is 3.96. The van der Waals surface area contributed by atoms with E-state index in [1.807, 2.05) is 13.0 Å². The summed E-state index contributed by atoms with van der Waals surface area (Å²) in [7, 11) is 0. The molecule has 5 nitrogen and oxygen atoms in total. The van der Waals surface area contributed by atoms with Crippen LogP contribution in [0.2, 0.25) is 0 Å². The van der Waals surface area contributed by atoms with Crippen LogP contribution in [0.15, 0.2) is 24.3 Å². The van der Waals surface area contributed by atoms with Crippen LogP contribution in [0.25, 0.3) is 10.9 Å². The Bertz CT molecular complexity index is 627. The monoisotopic (exact) mass is 247 g/mol. The van der Waals surface area contributed by atoms with Gasteiger partial charge in [0.05, 0.1) is 12.0 Å². The highest BCUT2D eigenvalue weighted by molar-refractivity contribution is 6.05. The molecule has 1 aromatic heterocycles. The van der Waals surface area contributed by atoms with E-state index in [4.69, 9.17) is 5.11 Å². The fourth-order valence-corrected chi connectivity index (χ4v) is 2.28. The van der Waals surface area contributed by atoms with Gasteiger partial charge in [0, 0.05) is 23.1 Å². The third-order valence-corrected chi connectivity index (χ3v) is 2.93. The Labute approximate surface area is 103 Å². The van der Waals surface area contributed by atoms with Crippen molar-refractivity contribution in [3.05, 3.63) is 35.5 Å². The first-order valence-corrected chi connectivity index (χ1v) is 5.61. The number of benzene rings is 1. The summed E-state index contributed by atoms with van der Waals surface area (Å²) in [6.45, 7) is 2.40. The Balaban J connectivity index is 2.82. The SMILES string of the molecule is CCn1c(CC(=O)O)c(C(=O)O)c2ccccc21. The van der Waals surface area contributed by atoms with E-state index >= 15 is 0 Å². The van der Waals surface area contributed by atoms with E-state index in [1.165, 1.54) is 0 Å². The summed E-state index contributed by atoms with van der Waals surface area (Å²) in [5.74, 6) is -2.12. The molecule has 18 heavy (non-hydrogen) atoms. The highest BCUT2D eigenvalue weighted by Crippen LogP contribution is 2.26. The fraction of sp³-hybridized carbons (Fsp3) is 0.231. The van der Waals surface area contributed by atoms with Gasteiger partial charge in [0.25, 0.3) is 0 Å². The molecule has 0 atom stereocenters. The number of nitrogens with zero attached hydrogens (tertiary/aromatic N) is 1. The average Bonchev–Trinajstić information content (AvgIpc) is 2.61. The van der Waals surface area contributed by atoms with Gasteiger partial charge in [-0.1, -0.05) is 18.2 Å². The summed E-state index contributed by atoms with van der Waals surface area (Å²) in [5, 5.41) is 18.8. The van der Waals surface area contributed by atoms with E-state index in [2.05, 4.69) is 0 Å². The summed E-state index contributed by atoms with van der Waals surface area (Å²) in [6, 6.07) is 7.07. The summed E-state index contributed by atoms with van der Waals surface area (Å²) in [5.41, 5.74) is 1.20. The number of carboxylic acid groups (broad SMARTS) is 2. The summed E-state index contributed by atoms with van der Waals surface area (Å²) in [4.78, 5) is 22.2. The number of carboxylic acids is 2.